The van der Waals surface area contributed by atoms with E-state index in [1.165, 1.54) is 0 Å². The van der Waals surface area contributed by atoms with Crippen LogP contribution in [0.3, 0.4) is 0 Å². The molecule has 3 aliphatic heterocycles. The van der Waals surface area contributed by atoms with Gasteiger partial charge in [-0.05, 0) is 44.0 Å². The van der Waals surface area contributed by atoms with Crippen molar-refractivity contribution >= 4 is 17.3 Å². The maximum Gasteiger partial charge on any atom is 0.0759 e. The quantitative estimate of drug-likeness (QED) is 0.881. The second-order valence-electron chi connectivity index (χ2n) is 5.47. The third-order valence-corrected chi connectivity index (χ3v) is 4.74. The van der Waals surface area contributed by atoms with Crippen LogP contribution in [0, 0.1) is 5.92 Å². The molecule has 3 fully saturated rings. The van der Waals surface area contributed by atoms with E-state index < -0.39 is 0 Å². The van der Waals surface area contributed by atoms with Gasteiger partial charge in [-0.1, -0.05) is 23.7 Å². The fourth-order valence-corrected chi connectivity index (χ4v) is 3.55. The van der Waals surface area contributed by atoms with Crippen LogP contribution >= 0.6 is 11.6 Å². The van der Waals surface area contributed by atoms with Crippen LogP contribution in [0.2, 0.25) is 5.02 Å². The van der Waals surface area contributed by atoms with Gasteiger partial charge in [0.15, 0.2) is 0 Å². The summed E-state index contributed by atoms with van der Waals surface area (Å²) in [6.45, 7) is 3.41. The number of nitrogens with one attached hydrogen (secondary N) is 1. The maximum absolute atomic E-state index is 9.88. The normalized spacial score (nSPS) is 34.6. The first-order chi connectivity index (χ1) is 8.73. The number of fused-ring (bicyclic) bond motifs is 3. The van der Waals surface area contributed by atoms with Gasteiger partial charge < -0.3 is 15.3 Å². The van der Waals surface area contributed by atoms with Crippen molar-refractivity contribution in [1.82, 2.24) is 4.90 Å². The summed E-state index contributed by atoms with van der Waals surface area (Å²) in [7, 11) is 0. The molecule has 0 saturated carbocycles. The van der Waals surface area contributed by atoms with Crippen molar-refractivity contribution in [2.24, 2.45) is 5.92 Å². The minimum atomic E-state index is -0.221. The van der Waals surface area contributed by atoms with Gasteiger partial charge in [-0.25, -0.2) is 0 Å². The first-order valence-corrected chi connectivity index (χ1v) is 6.97. The Kier molecular flexibility index (Phi) is 3.22. The lowest BCUT2D eigenvalue weighted by Gasteiger charge is -2.53. The Morgan fingerprint density at radius 3 is 2.61 bits per heavy atom. The number of halogens is 1. The molecule has 1 atom stereocenters. The second-order valence-corrected chi connectivity index (χ2v) is 5.88. The third kappa shape index (κ3) is 2.00. The molecule has 1 aromatic rings. The first-order valence-electron chi connectivity index (χ1n) is 6.59. The monoisotopic (exact) mass is 266 g/mol. The van der Waals surface area contributed by atoms with Gasteiger partial charge in [-0.15, -0.1) is 0 Å². The highest BCUT2D eigenvalue weighted by Gasteiger charge is 2.46. The van der Waals surface area contributed by atoms with E-state index in [9.17, 15) is 5.11 Å². The topological polar surface area (TPSA) is 35.5 Å². The van der Waals surface area contributed by atoms with Crippen LogP contribution in [-0.2, 0) is 0 Å². The van der Waals surface area contributed by atoms with Crippen LogP contribution in [0.5, 0.6) is 0 Å². The highest BCUT2D eigenvalue weighted by atomic mass is 35.5. The average molecular weight is 267 g/mol. The average Bonchev–Trinajstić information content (AvgIpc) is 2.43. The summed E-state index contributed by atoms with van der Waals surface area (Å²) in [5, 5.41) is 14.1. The van der Waals surface area contributed by atoms with Gasteiger partial charge in [0.2, 0.25) is 0 Å². The Labute approximate surface area is 113 Å². The predicted octanol–water partition coefficient (Wildman–Crippen LogP) is 2.21. The molecule has 2 bridgehead atoms. The predicted molar refractivity (Wildman–Crippen MR) is 74.1 cm³/mol. The number of aliphatic hydroxyl groups excluding tert-OH is 1. The third-order valence-electron chi connectivity index (χ3n) is 4.41. The van der Waals surface area contributed by atoms with Crippen molar-refractivity contribution in [3.05, 3.63) is 29.3 Å². The van der Waals surface area contributed by atoms with Crippen LogP contribution in [0.25, 0.3) is 0 Å². The van der Waals surface area contributed by atoms with E-state index in [0.29, 0.717) is 5.92 Å². The molecule has 3 heterocycles. The molecule has 0 aromatic heterocycles. The van der Waals surface area contributed by atoms with Crippen LogP contribution in [0.4, 0.5) is 5.69 Å². The van der Waals surface area contributed by atoms with Gasteiger partial charge in [0, 0.05) is 6.54 Å². The van der Waals surface area contributed by atoms with Gasteiger partial charge in [0.1, 0.15) is 0 Å². The molecule has 2 N–H and O–H groups in total. The summed E-state index contributed by atoms with van der Waals surface area (Å²) >= 11 is 6.21. The Bertz CT molecular complexity index is 432. The minimum Gasteiger partial charge on any atom is -0.394 e. The van der Waals surface area contributed by atoms with E-state index in [0.717, 1.165) is 43.2 Å². The molecule has 0 radical (unpaired) electrons. The molecule has 3 aliphatic rings. The SMILES string of the molecule is OCC1(Nc2ccccc2Cl)CN2CCC1CC2. The zero-order valence-corrected chi connectivity index (χ0v) is 11.2. The zero-order valence-electron chi connectivity index (χ0n) is 10.4. The van der Waals surface area contributed by atoms with Gasteiger partial charge in [0.25, 0.3) is 0 Å². The molecular weight excluding hydrogens is 248 g/mol. The van der Waals surface area contributed by atoms with Crippen molar-refractivity contribution in [2.45, 2.75) is 18.4 Å². The molecule has 0 spiro atoms. The maximum atomic E-state index is 9.88. The molecule has 1 aromatic carbocycles. The Hall–Kier alpha value is -0.770. The van der Waals surface area contributed by atoms with Crippen LogP contribution in [0.1, 0.15) is 12.8 Å². The molecule has 4 heteroatoms. The lowest BCUT2D eigenvalue weighted by molar-refractivity contribution is 0.00918. The zero-order chi connectivity index (χ0) is 12.6. The first kappa shape index (κ1) is 12.3. The fraction of sp³-hybridized carbons (Fsp3) is 0.571. The summed E-state index contributed by atoms with van der Waals surface area (Å²) in [5.74, 6) is 0.545. The summed E-state index contributed by atoms with van der Waals surface area (Å²) in [6.07, 6.45) is 2.33. The molecule has 3 nitrogen and oxygen atoms in total. The smallest absolute Gasteiger partial charge is 0.0759 e. The summed E-state index contributed by atoms with van der Waals surface area (Å²) in [6, 6.07) is 7.77. The van der Waals surface area contributed by atoms with E-state index in [1.807, 2.05) is 24.3 Å². The van der Waals surface area contributed by atoms with Gasteiger partial charge in [-0.3, -0.25) is 0 Å². The van der Waals surface area contributed by atoms with Crippen molar-refractivity contribution in [3.63, 3.8) is 0 Å². The van der Waals surface area contributed by atoms with Crippen molar-refractivity contribution in [2.75, 3.05) is 31.6 Å². The molecule has 18 heavy (non-hydrogen) atoms. The van der Waals surface area contributed by atoms with Crippen LogP contribution < -0.4 is 5.32 Å². The standard InChI is InChI=1S/C14H19ClN2O/c15-12-3-1-2-4-13(12)16-14(10-18)9-17-7-5-11(14)6-8-17/h1-4,11,16,18H,5-10H2. The fourth-order valence-electron chi connectivity index (χ4n) is 3.36. The Morgan fingerprint density at radius 2 is 2.06 bits per heavy atom. The molecule has 0 aliphatic carbocycles. The molecule has 1 unspecified atom stereocenters. The number of para-hydroxylation sites is 1. The number of benzene rings is 1. The highest BCUT2D eigenvalue weighted by molar-refractivity contribution is 6.33. The van der Waals surface area contributed by atoms with Crippen LogP contribution in [-0.4, -0.2) is 41.8 Å². The van der Waals surface area contributed by atoms with Crippen LogP contribution in [0.15, 0.2) is 24.3 Å². The number of hydrogen-bond donors (Lipinski definition) is 2. The Morgan fingerprint density at radius 1 is 1.33 bits per heavy atom. The Balaban J connectivity index is 1.87. The number of piperidine rings is 3. The molecule has 0 amide bonds. The lowest BCUT2D eigenvalue weighted by Crippen LogP contribution is -2.64. The van der Waals surface area contributed by atoms with Gasteiger partial charge in [-0.2, -0.15) is 0 Å². The summed E-state index contributed by atoms with van der Waals surface area (Å²) in [5.41, 5.74) is 0.712. The van der Waals surface area contributed by atoms with E-state index in [1.54, 1.807) is 0 Å². The number of hydrogen-bond acceptors (Lipinski definition) is 3. The van der Waals surface area contributed by atoms with Gasteiger partial charge in [0.05, 0.1) is 22.9 Å². The number of nitrogens with zero attached hydrogens (tertiary/aromatic N) is 1. The molecule has 98 valence electrons. The number of anilines is 1. The summed E-state index contributed by atoms with van der Waals surface area (Å²) < 4.78 is 0. The largest absolute Gasteiger partial charge is 0.394 e. The lowest BCUT2D eigenvalue weighted by atomic mass is 9.73. The van der Waals surface area contributed by atoms with Crippen molar-refractivity contribution < 1.29 is 5.11 Å². The number of rotatable bonds is 3. The van der Waals surface area contributed by atoms with E-state index >= 15 is 0 Å². The second kappa shape index (κ2) is 4.72. The van der Waals surface area contributed by atoms with E-state index in [-0.39, 0.29) is 12.1 Å². The minimum absolute atomic E-state index is 0.166. The van der Waals surface area contributed by atoms with E-state index in [4.69, 9.17) is 11.6 Å². The van der Waals surface area contributed by atoms with E-state index in [2.05, 4.69) is 10.2 Å². The highest BCUT2D eigenvalue weighted by Crippen LogP contribution is 2.38. The number of aliphatic hydroxyl groups is 1. The molecular formula is C14H19ClN2O. The molecule has 3 saturated heterocycles. The van der Waals surface area contributed by atoms with Crippen molar-refractivity contribution in [1.29, 1.82) is 0 Å². The summed E-state index contributed by atoms with van der Waals surface area (Å²) in [4.78, 5) is 2.43. The van der Waals surface area contributed by atoms with Crippen molar-refractivity contribution in [3.8, 4) is 0 Å². The molecule has 4 rings (SSSR count). The van der Waals surface area contributed by atoms with Gasteiger partial charge >= 0.3 is 0 Å².